The van der Waals surface area contributed by atoms with Crippen LogP contribution in [-0.2, 0) is 7.05 Å². The van der Waals surface area contributed by atoms with Gasteiger partial charge in [-0.05, 0) is 25.8 Å². The third-order valence-corrected chi connectivity index (χ3v) is 4.38. The number of aromatic nitrogens is 4. The summed E-state index contributed by atoms with van der Waals surface area (Å²) in [5, 5.41) is 6.90. The van der Waals surface area contributed by atoms with E-state index in [0.717, 1.165) is 18.5 Å². The Labute approximate surface area is 146 Å². The van der Waals surface area contributed by atoms with Crippen molar-refractivity contribution in [1.29, 1.82) is 0 Å². The Morgan fingerprint density at radius 2 is 2.16 bits per heavy atom. The minimum absolute atomic E-state index is 0.00702. The highest BCUT2D eigenvalue weighted by molar-refractivity contribution is 5.97. The maximum absolute atomic E-state index is 12.9. The third kappa shape index (κ3) is 3.67. The summed E-state index contributed by atoms with van der Waals surface area (Å²) in [5.74, 6) is 0.279. The predicted octanol–water partition coefficient (Wildman–Crippen LogP) is 1.44. The maximum Gasteiger partial charge on any atom is 0.272 e. The molecule has 1 aliphatic rings. The molecule has 25 heavy (non-hydrogen) atoms. The summed E-state index contributed by atoms with van der Waals surface area (Å²) < 4.78 is 1.60. The zero-order valence-corrected chi connectivity index (χ0v) is 14.7. The van der Waals surface area contributed by atoms with Gasteiger partial charge in [-0.15, -0.1) is 0 Å². The maximum atomic E-state index is 12.9. The van der Waals surface area contributed by atoms with Crippen molar-refractivity contribution in [3.05, 3.63) is 35.4 Å². The smallest absolute Gasteiger partial charge is 0.272 e. The first-order valence-corrected chi connectivity index (χ1v) is 8.34. The Bertz CT molecular complexity index is 800. The Morgan fingerprint density at radius 3 is 2.84 bits per heavy atom. The zero-order chi connectivity index (χ0) is 18.0. The highest BCUT2D eigenvalue weighted by Gasteiger charge is 2.32. The molecule has 0 aliphatic carbocycles. The number of carbonyl (C=O) groups excluding carboxylic acids is 2. The monoisotopic (exact) mass is 342 g/mol. The van der Waals surface area contributed by atoms with E-state index in [1.807, 2.05) is 6.92 Å². The lowest BCUT2D eigenvalue weighted by Gasteiger charge is -2.24. The van der Waals surface area contributed by atoms with Crippen molar-refractivity contribution in [1.82, 2.24) is 24.6 Å². The van der Waals surface area contributed by atoms with Crippen LogP contribution in [0.2, 0.25) is 0 Å². The Balaban J connectivity index is 1.75. The number of rotatable bonds is 5. The van der Waals surface area contributed by atoms with Crippen LogP contribution in [0.15, 0.2) is 18.5 Å². The van der Waals surface area contributed by atoms with E-state index in [-0.39, 0.29) is 17.7 Å². The van der Waals surface area contributed by atoms with Crippen LogP contribution in [-0.4, -0.2) is 56.0 Å². The number of amides is 1. The molecule has 1 N–H and O–H groups in total. The number of likely N-dealkylation sites (tertiary alicyclic amines) is 1. The van der Waals surface area contributed by atoms with Gasteiger partial charge >= 0.3 is 0 Å². The molecule has 132 valence electrons. The lowest BCUT2D eigenvalue weighted by molar-refractivity contribution is 0.0711. The number of hydrogen-bond acceptors (Lipinski definition) is 6. The van der Waals surface area contributed by atoms with E-state index >= 15 is 0 Å². The number of nitrogens with zero attached hydrogens (tertiary/aromatic N) is 5. The van der Waals surface area contributed by atoms with Crippen LogP contribution in [0.1, 0.15) is 45.8 Å². The summed E-state index contributed by atoms with van der Waals surface area (Å²) in [7, 11) is 3.49. The first-order chi connectivity index (χ1) is 12.0. The summed E-state index contributed by atoms with van der Waals surface area (Å²) in [6, 6.07) is 1.58. The van der Waals surface area contributed by atoms with Gasteiger partial charge in [0.05, 0.1) is 11.8 Å². The van der Waals surface area contributed by atoms with Crippen LogP contribution in [0.3, 0.4) is 0 Å². The molecule has 0 radical (unpaired) electrons. The molecule has 0 aromatic carbocycles. The molecule has 3 rings (SSSR count). The van der Waals surface area contributed by atoms with Gasteiger partial charge in [0.15, 0.2) is 5.78 Å². The number of hydrogen-bond donors (Lipinski definition) is 1. The van der Waals surface area contributed by atoms with Crippen LogP contribution in [0.5, 0.6) is 0 Å². The minimum Gasteiger partial charge on any atom is -0.357 e. The lowest BCUT2D eigenvalue weighted by atomic mass is 10.0. The lowest BCUT2D eigenvalue weighted by Crippen LogP contribution is -2.37. The first-order valence-electron chi connectivity index (χ1n) is 8.34. The SMILES string of the molecule is CNc1nc(C)cc(C(=O)N2CCC[C@H]2CC(=O)c2cnn(C)c2)n1. The zero-order valence-electron chi connectivity index (χ0n) is 14.7. The number of anilines is 1. The van der Waals surface area contributed by atoms with Gasteiger partial charge in [-0.25, -0.2) is 9.97 Å². The molecule has 0 saturated carbocycles. The molecule has 1 amide bonds. The number of carbonyl (C=O) groups is 2. The molecule has 2 aromatic heterocycles. The van der Waals surface area contributed by atoms with Crippen molar-refractivity contribution in [3.63, 3.8) is 0 Å². The van der Waals surface area contributed by atoms with Gasteiger partial charge in [0.1, 0.15) is 5.69 Å². The normalized spacial score (nSPS) is 16.9. The Morgan fingerprint density at radius 1 is 1.36 bits per heavy atom. The molecule has 1 saturated heterocycles. The molecular formula is C17H22N6O2. The number of nitrogens with one attached hydrogen (secondary N) is 1. The fourth-order valence-corrected chi connectivity index (χ4v) is 3.15. The van der Waals surface area contributed by atoms with E-state index in [2.05, 4.69) is 20.4 Å². The topological polar surface area (TPSA) is 93.0 Å². The molecule has 2 aromatic rings. The van der Waals surface area contributed by atoms with E-state index in [1.54, 1.807) is 42.1 Å². The van der Waals surface area contributed by atoms with Gasteiger partial charge in [-0.2, -0.15) is 5.10 Å². The molecule has 1 fully saturated rings. The molecular weight excluding hydrogens is 320 g/mol. The Hall–Kier alpha value is -2.77. The van der Waals surface area contributed by atoms with Crippen LogP contribution >= 0.6 is 0 Å². The molecule has 0 unspecified atom stereocenters. The standard InChI is InChI=1S/C17H22N6O2/c1-11-7-14(21-17(18-2)20-11)16(25)23-6-4-5-13(23)8-15(24)12-9-19-22(3)10-12/h7,9-10,13H,4-6,8H2,1-3H3,(H,18,20,21)/t13-/m0/s1. The summed E-state index contributed by atoms with van der Waals surface area (Å²) >= 11 is 0. The average Bonchev–Trinajstić information content (AvgIpc) is 3.22. The Kier molecular flexibility index (Phi) is 4.78. The van der Waals surface area contributed by atoms with Crippen molar-refractivity contribution < 1.29 is 9.59 Å². The van der Waals surface area contributed by atoms with Gasteiger partial charge in [0, 0.05) is 45.0 Å². The van der Waals surface area contributed by atoms with Crippen LogP contribution in [0.4, 0.5) is 5.95 Å². The molecule has 1 aliphatic heterocycles. The molecule has 1 atom stereocenters. The molecule has 8 nitrogen and oxygen atoms in total. The molecule has 0 bridgehead atoms. The summed E-state index contributed by atoms with van der Waals surface area (Å²) in [4.78, 5) is 35.6. The van der Waals surface area contributed by atoms with Gasteiger partial charge in [-0.1, -0.05) is 0 Å². The van der Waals surface area contributed by atoms with Crippen LogP contribution in [0, 0.1) is 6.92 Å². The van der Waals surface area contributed by atoms with Crippen molar-refractivity contribution in [2.24, 2.45) is 7.05 Å². The largest absolute Gasteiger partial charge is 0.357 e. The fourth-order valence-electron chi connectivity index (χ4n) is 3.15. The third-order valence-electron chi connectivity index (χ3n) is 4.38. The quantitative estimate of drug-likeness (QED) is 0.827. The minimum atomic E-state index is -0.150. The molecule has 8 heteroatoms. The highest BCUT2D eigenvalue weighted by Crippen LogP contribution is 2.24. The number of aryl methyl sites for hydroxylation is 2. The second kappa shape index (κ2) is 7.00. The van der Waals surface area contributed by atoms with E-state index in [0.29, 0.717) is 30.2 Å². The molecule has 3 heterocycles. The second-order valence-electron chi connectivity index (χ2n) is 6.29. The van der Waals surface area contributed by atoms with E-state index in [9.17, 15) is 9.59 Å². The van der Waals surface area contributed by atoms with E-state index < -0.39 is 0 Å². The van der Waals surface area contributed by atoms with Crippen LogP contribution < -0.4 is 5.32 Å². The van der Waals surface area contributed by atoms with Gasteiger partial charge in [-0.3, -0.25) is 14.3 Å². The van der Waals surface area contributed by atoms with E-state index in [4.69, 9.17) is 0 Å². The summed E-state index contributed by atoms with van der Waals surface area (Å²) in [6.07, 6.45) is 5.29. The van der Waals surface area contributed by atoms with Crippen molar-refractivity contribution in [2.75, 3.05) is 18.9 Å². The van der Waals surface area contributed by atoms with Crippen molar-refractivity contribution >= 4 is 17.6 Å². The first kappa shape index (κ1) is 17.1. The van der Waals surface area contributed by atoms with Gasteiger partial charge in [0.25, 0.3) is 5.91 Å². The number of ketones is 1. The van der Waals surface area contributed by atoms with Gasteiger partial charge < -0.3 is 10.2 Å². The van der Waals surface area contributed by atoms with Crippen molar-refractivity contribution in [2.45, 2.75) is 32.2 Å². The fraction of sp³-hybridized carbons (Fsp3) is 0.471. The molecule has 0 spiro atoms. The number of Topliss-reactive ketones (excluding diaryl/α,β-unsaturated/α-hetero) is 1. The van der Waals surface area contributed by atoms with Crippen molar-refractivity contribution in [3.8, 4) is 0 Å². The van der Waals surface area contributed by atoms with E-state index in [1.165, 1.54) is 0 Å². The summed E-state index contributed by atoms with van der Waals surface area (Å²) in [6.45, 7) is 2.47. The highest BCUT2D eigenvalue weighted by atomic mass is 16.2. The second-order valence-corrected chi connectivity index (χ2v) is 6.29. The predicted molar refractivity (Wildman–Crippen MR) is 92.5 cm³/mol. The van der Waals surface area contributed by atoms with Gasteiger partial charge in [0.2, 0.25) is 5.95 Å². The average molecular weight is 342 g/mol. The summed E-state index contributed by atoms with van der Waals surface area (Å²) in [5.41, 5.74) is 1.67. The van der Waals surface area contributed by atoms with Crippen LogP contribution in [0.25, 0.3) is 0 Å².